The number of halogens is 2. The van der Waals surface area contributed by atoms with Crippen LogP contribution in [0.5, 0.6) is 5.75 Å². The van der Waals surface area contributed by atoms with Crippen LogP contribution in [-0.4, -0.2) is 51.9 Å². The fraction of sp³-hybridized carbons (Fsp3) is 0.562. The fourth-order valence-corrected chi connectivity index (χ4v) is 3.23. The second-order valence-corrected chi connectivity index (χ2v) is 6.52. The second kappa shape index (κ2) is 7.65. The summed E-state index contributed by atoms with van der Waals surface area (Å²) in [6.07, 6.45) is -0.433. The lowest BCUT2D eigenvalue weighted by Gasteiger charge is -2.35. The van der Waals surface area contributed by atoms with E-state index in [2.05, 4.69) is 0 Å². The van der Waals surface area contributed by atoms with Crippen molar-refractivity contribution in [2.24, 2.45) is 11.7 Å². The molecule has 1 aliphatic heterocycles. The number of aryl methyl sites for hydroxylation is 1. The summed E-state index contributed by atoms with van der Waals surface area (Å²) < 4.78 is 14.4. The number of hydrogen-bond donors (Lipinski definition) is 4. The van der Waals surface area contributed by atoms with Gasteiger partial charge in [0.2, 0.25) is 0 Å². The lowest BCUT2D eigenvalue weighted by molar-refractivity contribution is -0.143. The minimum absolute atomic E-state index is 0.00855. The average molecular weight is 361 g/mol. The number of piperidine rings is 1. The maximum Gasteiger partial charge on any atom is 0.253 e. The minimum atomic E-state index is -1.42. The molecule has 24 heavy (non-hydrogen) atoms. The standard InChI is InChI=1S/C16H22ClFN2O4/c1-8-6-10(22)12(14(18)13(8)17)15(19)9-2-4-20(5-3-9)16(24)11(23)7-21/h6,9,11,15,21-23H,2-5,7,19H2,1H3. The van der Waals surface area contributed by atoms with Gasteiger partial charge in [-0.1, -0.05) is 11.6 Å². The predicted octanol–water partition coefficient (Wildman–Crippen LogP) is 1.08. The molecule has 0 saturated carbocycles. The molecule has 0 radical (unpaired) electrons. The van der Waals surface area contributed by atoms with E-state index in [1.54, 1.807) is 6.92 Å². The number of aliphatic hydroxyl groups excluding tert-OH is 2. The molecular weight excluding hydrogens is 339 g/mol. The van der Waals surface area contributed by atoms with Gasteiger partial charge in [0.15, 0.2) is 11.9 Å². The van der Waals surface area contributed by atoms with Gasteiger partial charge in [0.25, 0.3) is 5.91 Å². The molecule has 1 aromatic rings. The first kappa shape index (κ1) is 18.9. The summed E-state index contributed by atoms with van der Waals surface area (Å²) in [5.41, 5.74) is 6.57. The molecule has 1 heterocycles. The summed E-state index contributed by atoms with van der Waals surface area (Å²) in [7, 11) is 0. The van der Waals surface area contributed by atoms with Crippen LogP contribution in [0.25, 0.3) is 0 Å². The van der Waals surface area contributed by atoms with E-state index in [4.69, 9.17) is 22.4 Å². The van der Waals surface area contributed by atoms with Crippen molar-refractivity contribution in [2.75, 3.05) is 19.7 Å². The Morgan fingerprint density at radius 2 is 2.08 bits per heavy atom. The van der Waals surface area contributed by atoms with Gasteiger partial charge in [-0.15, -0.1) is 0 Å². The van der Waals surface area contributed by atoms with Gasteiger partial charge in [0.1, 0.15) is 5.75 Å². The summed E-state index contributed by atoms with van der Waals surface area (Å²) >= 11 is 5.91. The van der Waals surface area contributed by atoms with E-state index in [-0.39, 0.29) is 22.3 Å². The van der Waals surface area contributed by atoms with Crippen molar-refractivity contribution in [3.63, 3.8) is 0 Å². The number of phenolic OH excluding ortho intramolecular Hbond substituents is 1. The third-order valence-corrected chi connectivity index (χ3v) is 5.02. The number of amides is 1. The molecular formula is C16H22ClFN2O4. The molecule has 134 valence electrons. The van der Waals surface area contributed by atoms with Crippen molar-refractivity contribution in [1.29, 1.82) is 0 Å². The van der Waals surface area contributed by atoms with Crippen molar-refractivity contribution in [1.82, 2.24) is 4.90 Å². The van der Waals surface area contributed by atoms with Gasteiger partial charge in [-0.05, 0) is 37.3 Å². The molecule has 2 atom stereocenters. The van der Waals surface area contributed by atoms with Crippen LogP contribution < -0.4 is 5.73 Å². The van der Waals surface area contributed by atoms with Crippen molar-refractivity contribution >= 4 is 17.5 Å². The maximum atomic E-state index is 14.4. The molecule has 0 spiro atoms. The number of carbonyl (C=O) groups is 1. The monoisotopic (exact) mass is 360 g/mol. The lowest BCUT2D eigenvalue weighted by atomic mass is 9.85. The van der Waals surface area contributed by atoms with Gasteiger partial charge in [0.05, 0.1) is 11.6 Å². The minimum Gasteiger partial charge on any atom is -0.507 e. The first-order chi connectivity index (χ1) is 11.3. The molecule has 2 rings (SSSR count). The number of carbonyl (C=O) groups excluding carboxylic acids is 1. The number of nitrogens with two attached hydrogens (primary N) is 1. The third kappa shape index (κ3) is 3.64. The molecule has 1 aliphatic rings. The summed E-state index contributed by atoms with van der Waals surface area (Å²) in [5.74, 6) is -1.61. The van der Waals surface area contributed by atoms with Crippen molar-refractivity contribution in [2.45, 2.75) is 31.9 Å². The van der Waals surface area contributed by atoms with Gasteiger partial charge in [-0.2, -0.15) is 0 Å². The van der Waals surface area contributed by atoms with Crippen LogP contribution in [0, 0.1) is 18.7 Å². The topological polar surface area (TPSA) is 107 Å². The van der Waals surface area contributed by atoms with E-state index < -0.39 is 30.5 Å². The second-order valence-electron chi connectivity index (χ2n) is 6.14. The Bertz CT molecular complexity index is 621. The van der Waals surface area contributed by atoms with E-state index in [9.17, 15) is 19.4 Å². The highest BCUT2D eigenvalue weighted by molar-refractivity contribution is 6.31. The Balaban J connectivity index is 2.10. The van der Waals surface area contributed by atoms with Crippen molar-refractivity contribution in [3.05, 3.63) is 28.0 Å². The molecule has 5 N–H and O–H groups in total. The predicted molar refractivity (Wildman–Crippen MR) is 87.1 cm³/mol. The molecule has 2 unspecified atom stereocenters. The van der Waals surface area contributed by atoms with Gasteiger partial charge in [-0.3, -0.25) is 4.79 Å². The molecule has 0 aliphatic carbocycles. The maximum absolute atomic E-state index is 14.4. The van der Waals surface area contributed by atoms with Crippen LogP contribution in [0.3, 0.4) is 0 Å². The number of likely N-dealkylation sites (tertiary alicyclic amines) is 1. The SMILES string of the molecule is Cc1cc(O)c(C(N)C2CCN(C(=O)C(O)CO)CC2)c(F)c1Cl. The van der Waals surface area contributed by atoms with Crippen LogP contribution in [0.4, 0.5) is 4.39 Å². The fourth-order valence-electron chi connectivity index (χ4n) is 3.07. The normalized spacial score (nSPS) is 18.5. The van der Waals surface area contributed by atoms with Gasteiger partial charge in [-0.25, -0.2) is 4.39 Å². The lowest BCUT2D eigenvalue weighted by Crippen LogP contribution is -2.46. The first-order valence-corrected chi connectivity index (χ1v) is 8.16. The molecule has 1 fully saturated rings. The molecule has 0 bridgehead atoms. The number of aliphatic hydroxyl groups is 2. The van der Waals surface area contributed by atoms with E-state index in [1.165, 1.54) is 11.0 Å². The number of benzene rings is 1. The smallest absolute Gasteiger partial charge is 0.253 e. The highest BCUT2D eigenvalue weighted by Gasteiger charge is 2.32. The third-order valence-electron chi connectivity index (χ3n) is 4.56. The van der Waals surface area contributed by atoms with E-state index in [0.717, 1.165) is 0 Å². The summed E-state index contributed by atoms with van der Waals surface area (Å²) in [4.78, 5) is 13.3. The van der Waals surface area contributed by atoms with Crippen molar-refractivity contribution < 1.29 is 24.5 Å². The Morgan fingerprint density at radius 3 is 2.62 bits per heavy atom. The van der Waals surface area contributed by atoms with Gasteiger partial charge < -0.3 is 26.0 Å². The van der Waals surface area contributed by atoms with Crippen LogP contribution in [0.15, 0.2) is 6.07 Å². The Labute approximate surface area is 144 Å². The largest absolute Gasteiger partial charge is 0.507 e. The Morgan fingerprint density at radius 1 is 1.50 bits per heavy atom. The first-order valence-electron chi connectivity index (χ1n) is 7.78. The van der Waals surface area contributed by atoms with Gasteiger partial charge in [0, 0.05) is 24.7 Å². The molecule has 1 amide bonds. The molecule has 0 aromatic heterocycles. The Hall–Kier alpha value is -1.41. The van der Waals surface area contributed by atoms with Gasteiger partial charge >= 0.3 is 0 Å². The average Bonchev–Trinajstić information content (AvgIpc) is 2.58. The zero-order valence-electron chi connectivity index (χ0n) is 13.4. The number of nitrogens with zero attached hydrogens (tertiary/aromatic N) is 1. The Kier molecular flexibility index (Phi) is 6.03. The van der Waals surface area contributed by atoms with Crippen LogP contribution >= 0.6 is 11.6 Å². The van der Waals surface area contributed by atoms with E-state index >= 15 is 0 Å². The quantitative estimate of drug-likeness (QED) is 0.643. The molecule has 6 nitrogen and oxygen atoms in total. The summed E-state index contributed by atoms with van der Waals surface area (Å²) in [6.45, 7) is 1.66. The van der Waals surface area contributed by atoms with E-state index in [0.29, 0.717) is 31.5 Å². The number of hydrogen-bond acceptors (Lipinski definition) is 5. The van der Waals surface area contributed by atoms with Crippen molar-refractivity contribution in [3.8, 4) is 5.75 Å². The highest BCUT2D eigenvalue weighted by Crippen LogP contribution is 2.38. The molecule has 1 saturated heterocycles. The van der Waals surface area contributed by atoms with Crippen LogP contribution in [0.1, 0.15) is 30.0 Å². The number of aromatic hydroxyl groups is 1. The van der Waals surface area contributed by atoms with Crippen LogP contribution in [-0.2, 0) is 4.79 Å². The zero-order valence-corrected chi connectivity index (χ0v) is 14.1. The summed E-state index contributed by atoms with van der Waals surface area (Å²) in [5, 5.41) is 28.2. The van der Waals surface area contributed by atoms with E-state index in [1.807, 2.05) is 0 Å². The van der Waals surface area contributed by atoms with Crippen LogP contribution in [0.2, 0.25) is 5.02 Å². The number of phenols is 1. The molecule has 1 aromatic carbocycles. The zero-order chi connectivity index (χ0) is 18.0. The number of rotatable bonds is 4. The highest BCUT2D eigenvalue weighted by atomic mass is 35.5. The molecule has 8 heteroatoms. The summed E-state index contributed by atoms with van der Waals surface area (Å²) in [6, 6.07) is 0.639.